The minimum atomic E-state index is -0.387. The van der Waals surface area contributed by atoms with Crippen LogP contribution in [0.2, 0.25) is 5.02 Å². The predicted molar refractivity (Wildman–Crippen MR) is 146 cm³/mol. The van der Waals surface area contributed by atoms with Gasteiger partial charge in [0.2, 0.25) is 4.96 Å². The number of halogens is 2. The molecule has 8 nitrogen and oxygen atoms in total. The summed E-state index contributed by atoms with van der Waals surface area (Å²) >= 11 is 7.45. The first-order valence-corrected chi connectivity index (χ1v) is 13.0. The van der Waals surface area contributed by atoms with E-state index in [9.17, 15) is 4.39 Å². The van der Waals surface area contributed by atoms with Crippen molar-refractivity contribution in [2.45, 2.75) is 13.2 Å². The Morgan fingerprint density at radius 3 is 2.67 bits per heavy atom. The predicted octanol–water partition coefficient (Wildman–Crippen LogP) is 7.17. The third-order valence-corrected chi connectivity index (χ3v) is 7.20. The summed E-state index contributed by atoms with van der Waals surface area (Å²) in [6.45, 7) is 0.493. The second kappa shape index (κ2) is 10.5. The average Bonchev–Trinajstić information content (AvgIpc) is 3.64. The Bertz CT molecular complexity index is 1770. The normalized spacial score (nSPS) is 11.3. The molecule has 0 fully saturated rings. The lowest BCUT2D eigenvalue weighted by molar-refractivity contribution is 0.296. The molecular formula is C28H21ClFN3O5S. The van der Waals surface area contributed by atoms with Gasteiger partial charge in [0.15, 0.2) is 5.76 Å². The summed E-state index contributed by atoms with van der Waals surface area (Å²) < 4.78 is 43.8. The molecule has 198 valence electrons. The lowest BCUT2D eigenvalue weighted by atomic mass is 10.2. The van der Waals surface area contributed by atoms with E-state index in [2.05, 4.69) is 10.1 Å². The summed E-state index contributed by atoms with van der Waals surface area (Å²) in [6, 6.07) is 17.3. The molecule has 0 atom stereocenters. The second-order valence-corrected chi connectivity index (χ2v) is 9.86. The maximum Gasteiger partial charge on any atom is 0.294 e. The van der Waals surface area contributed by atoms with Crippen molar-refractivity contribution in [3.8, 4) is 33.9 Å². The van der Waals surface area contributed by atoms with E-state index in [-0.39, 0.29) is 19.0 Å². The zero-order valence-corrected chi connectivity index (χ0v) is 22.4. The van der Waals surface area contributed by atoms with Gasteiger partial charge in [-0.15, -0.1) is 5.10 Å². The number of hydrogen-bond donors (Lipinski definition) is 0. The summed E-state index contributed by atoms with van der Waals surface area (Å²) in [5.41, 5.74) is 2.84. The Labute approximate surface area is 231 Å². The van der Waals surface area contributed by atoms with E-state index in [0.29, 0.717) is 55.0 Å². The van der Waals surface area contributed by atoms with Crippen molar-refractivity contribution in [3.05, 3.63) is 88.8 Å². The van der Waals surface area contributed by atoms with Crippen LogP contribution in [0.5, 0.6) is 22.4 Å². The van der Waals surface area contributed by atoms with Gasteiger partial charge in [0.25, 0.3) is 5.19 Å². The highest BCUT2D eigenvalue weighted by molar-refractivity contribution is 7.18. The van der Waals surface area contributed by atoms with Gasteiger partial charge >= 0.3 is 0 Å². The van der Waals surface area contributed by atoms with Crippen LogP contribution >= 0.6 is 22.9 Å². The van der Waals surface area contributed by atoms with Crippen molar-refractivity contribution in [2.75, 3.05) is 14.2 Å². The van der Waals surface area contributed by atoms with Crippen molar-refractivity contribution in [3.63, 3.8) is 0 Å². The zero-order valence-electron chi connectivity index (χ0n) is 20.8. The molecule has 6 aromatic rings. The Kier molecular flexibility index (Phi) is 6.72. The first kappa shape index (κ1) is 25.0. The molecule has 3 aromatic carbocycles. The van der Waals surface area contributed by atoms with Crippen molar-refractivity contribution in [1.29, 1.82) is 0 Å². The van der Waals surface area contributed by atoms with Crippen LogP contribution < -0.4 is 18.9 Å². The third kappa shape index (κ3) is 5.21. The molecule has 3 aromatic heterocycles. The van der Waals surface area contributed by atoms with E-state index in [1.54, 1.807) is 37.1 Å². The fourth-order valence-corrected chi connectivity index (χ4v) is 4.94. The van der Waals surface area contributed by atoms with Crippen molar-refractivity contribution in [1.82, 2.24) is 14.6 Å². The van der Waals surface area contributed by atoms with Gasteiger partial charge in [-0.1, -0.05) is 29.8 Å². The number of rotatable bonds is 9. The topological polar surface area (TPSA) is 80.2 Å². The minimum absolute atomic E-state index is 0.214. The number of methoxy groups -OCH3 is 2. The molecule has 0 bridgehead atoms. The van der Waals surface area contributed by atoms with Crippen molar-refractivity contribution in [2.24, 2.45) is 0 Å². The van der Waals surface area contributed by atoms with Gasteiger partial charge in [-0.25, -0.2) is 13.9 Å². The van der Waals surface area contributed by atoms with Gasteiger partial charge in [-0.3, -0.25) is 0 Å². The fraction of sp³-hybridized carbons (Fsp3) is 0.143. The molecule has 11 heteroatoms. The summed E-state index contributed by atoms with van der Waals surface area (Å²) in [6.07, 6.45) is 1.79. The fourth-order valence-electron chi connectivity index (χ4n) is 4.02. The largest absolute Gasteiger partial charge is 0.496 e. The van der Waals surface area contributed by atoms with E-state index in [1.807, 2.05) is 36.4 Å². The number of imidazole rings is 1. The van der Waals surface area contributed by atoms with Crippen molar-refractivity contribution >= 4 is 38.9 Å². The number of fused-ring (bicyclic) bond motifs is 2. The highest BCUT2D eigenvalue weighted by Crippen LogP contribution is 2.37. The van der Waals surface area contributed by atoms with Crippen LogP contribution in [-0.2, 0) is 13.2 Å². The van der Waals surface area contributed by atoms with Gasteiger partial charge < -0.3 is 23.4 Å². The van der Waals surface area contributed by atoms with Gasteiger partial charge in [0.1, 0.15) is 47.6 Å². The van der Waals surface area contributed by atoms with E-state index in [0.717, 1.165) is 10.9 Å². The summed E-state index contributed by atoms with van der Waals surface area (Å²) in [4.78, 5) is 5.30. The van der Waals surface area contributed by atoms with Crippen LogP contribution in [0.15, 0.2) is 71.3 Å². The molecule has 0 aliphatic rings. The molecule has 3 heterocycles. The third-order valence-electron chi connectivity index (χ3n) is 5.96. The van der Waals surface area contributed by atoms with Gasteiger partial charge in [0, 0.05) is 17.7 Å². The van der Waals surface area contributed by atoms with E-state index < -0.39 is 0 Å². The van der Waals surface area contributed by atoms with Crippen LogP contribution in [-0.4, -0.2) is 28.8 Å². The highest BCUT2D eigenvalue weighted by atomic mass is 35.5. The molecule has 0 aliphatic carbocycles. The molecule has 6 rings (SSSR count). The monoisotopic (exact) mass is 565 g/mol. The molecule has 0 aliphatic heterocycles. The number of ether oxygens (including phenoxy) is 4. The summed E-state index contributed by atoms with van der Waals surface area (Å²) in [5.74, 6) is 2.03. The molecule has 0 saturated carbocycles. The molecule has 0 spiro atoms. The molecular weight excluding hydrogens is 545 g/mol. The Morgan fingerprint density at radius 2 is 1.87 bits per heavy atom. The van der Waals surface area contributed by atoms with Gasteiger partial charge in [-0.2, -0.15) is 0 Å². The number of benzene rings is 3. The molecule has 0 saturated heterocycles. The number of hydrogen-bond acceptors (Lipinski definition) is 8. The van der Waals surface area contributed by atoms with E-state index in [1.165, 1.54) is 23.5 Å². The van der Waals surface area contributed by atoms with Gasteiger partial charge in [-0.05, 0) is 47.2 Å². The molecule has 0 N–H and O–H groups in total. The summed E-state index contributed by atoms with van der Waals surface area (Å²) in [5, 5.41) is 5.95. The highest BCUT2D eigenvalue weighted by Gasteiger charge is 2.17. The number of furan rings is 1. The lowest BCUT2D eigenvalue weighted by Gasteiger charge is -2.11. The van der Waals surface area contributed by atoms with Crippen LogP contribution in [0.4, 0.5) is 4.39 Å². The van der Waals surface area contributed by atoms with Crippen LogP contribution in [0.1, 0.15) is 11.1 Å². The lowest BCUT2D eigenvalue weighted by Crippen LogP contribution is -1.99. The van der Waals surface area contributed by atoms with Gasteiger partial charge in [0.05, 0.1) is 30.8 Å². The molecule has 0 radical (unpaired) electrons. The van der Waals surface area contributed by atoms with Crippen LogP contribution in [0.3, 0.4) is 0 Å². The maximum atomic E-state index is 13.3. The number of nitrogens with zero attached hydrogens (tertiary/aromatic N) is 3. The Morgan fingerprint density at radius 1 is 0.974 bits per heavy atom. The van der Waals surface area contributed by atoms with E-state index >= 15 is 0 Å². The first-order valence-electron chi connectivity index (χ1n) is 11.8. The zero-order chi connectivity index (χ0) is 26.9. The molecule has 0 amide bonds. The number of aromatic nitrogens is 3. The smallest absolute Gasteiger partial charge is 0.294 e. The van der Waals surface area contributed by atoms with Crippen LogP contribution in [0.25, 0.3) is 27.4 Å². The SMILES string of the molecule is COc1cc(OCc2cccc(OCc3ccc(F)cc3Cl)c2)c2cc(-c3cn4nc(OC)sc4n3)oc2c1. The Hall–Kier alpha value is -4.28. The standard InChI is InChI=1S/C28H21ClFN3O5S/c1-34-20-10-24(21-12-26(38-25(21)11-20)23-13-33-27(31-23)39-28(32-33)35-2)37-14-16-4-3-5-19(8-16)36-15-17-6-7-18(30)9-22(17)29/h3-13H,14-15H2,1-2H3. The molecule has 0 unspecified atom stereocenters. The van der Waals surface area contributed by atoms with E-state index in [4.69, 9.17) is 35.0 Å². The second-order valence-electron chi connectivity index (χ2n) is 8.53. The van der Waals surface area contributed by atoms with Crippen molar-refractivity contribution < 1.29 is 27.8 Å². The maximum absolute atomic E-state index is 13.3. The molecule has 39 heavy (non-hydrogen) atoms. The van der Waals surface area contributed by atoms with Crippen LogP contribution in [0, 0.1) is 5.82 Å². The average molecular weight is 566 g/mol. The minimum Gasteiger partial charge on any atom is -0.496 e. The quantitative estimate of drug-likeness (QED) is 0.184. The summed E-state index contributed by atoms with van der Waals surface area (Å²) in [7, 11) is 3.16. The Balaban J connectivity index is 1.21. The first-order chi connectivity index (χ1) is 19.0.